The maximum absolute atomic E-state index is 11.9. The Labute approximate surface area is 134 Å². The number of halogens is 1. The molecule has 0 spiro atoms. The van der Waals surface area contributed by atoms with E-state index in [4.69, 9.17) is 11.6 Å². The van der Waals surface area contributed by atoms with Crippen molar-refractivity contribution in [3.8, 4) is 0 Å². The van der Waals surface area contributed by atoms with Crippen LogP contribution in [0.3, 0.4) is 0 Å². The van der Waals surface area contributed by atoms with Crippen molar-refractivity contribution in [2.45, 2.75) is 13.3 Å². The molecule has 0 saturated heterocycles. The zero-order chi connectivity index (χ0) is 15.9. The first kappa shape index (κ1) is 16.0. The summed E-state index contributed by atoms with van der Waals surface area (Å²) in [4.78, 5) is 23.7. The first-order valence-corrected chi connectivity index (χ1v) is 7.33. The Morgan fingerprint density at radius 3 is 2.59 bits per heavy atom. The predicted molar refractivity (Wildman–Crippen MR) is 88.2 cm³/mol. The standard InChI is InChI=1S/C17H17ClN2O2/c1-12-5-4-6-13(11-12)17(22)19-10-9-16(21)20-15-8-3-2-7-14(15)18/h2-8,11H,9-10H2,1H3,(H,19,22)(H,20,21). The van der Waals surface area contributed by atoms with Gasteiger partial charge in [-0.2, -0.15) is 0 Å². The normalized spacial score (nSPS) is 10.1. The number of para-hydroxylation sites is 1. The largest absolute Gasteiger partial charge is 0.352 e. The maximum Gasteiger partial charge on any atom is 0.251 e. The van der Waals surface area contributed by atoms with Crippen molar-refractivity contribution in [2.24, 2.45) is 0 Å². The number of aryl methyl sites for hydroxylation is 1. The minimum Gasteiger partial charge on any atom is -0.352 e. The van der Waals surface area contributed by atoms with E-state index in [1.807, 2.05) is 19.1 Å². The van der Waals surface area contributed by atoms with Crippen molar-refractivity contribution in [3.63, 3.8) is 0 Å². The highest BCUT2D eigenvalue weighted by atomic mass is 35.5. The number of anilines is 1. The van der Waals surface area contributed by atoms with Crippen LogP contribution >= 0.6 is 11.6 Å². The summed E-state index contributed by atoms with van der Waals surface area (Å²) in [6.07, 6.45) is 0.183. The molecule has 114 valence electrons. The molecule has 0 aliphatic carbocycles. The lowest BCUT2D eigenvalue weighted by atomic mass is 10.1. The van der Waals surface area contributed by atoms with Gasteiger partial charge in [0.1, 0.15) is 0 Å². The summed E-state index contributed by atoms with van der Waals surface area (Å²) in [5.74, 6) is -0.383. The summed E-state index contributed by atoms with van der Waals surface area (Å²) >= 11 is 5.96. The van der Waals surface area contributed by atoms with E-state index in [0.717, 1.165) is 5.56 Å². The first-order valence-electron chi connectivity index (χ1n) is 6.95. The highest BCUT2D eigenvalue weighted by Gasteiger charge is 2.08. The Morgan fingerprint density at radius 1 is 1.09 bits per heavy atom. The number of hydrogen-bond donors (Lipinski definition) is 2. The van der Waals surface area contributed by atoms with Crippen molar-refractivity contribution >= 4 is 29.1 Å². The van der Waals surface area contributed by atoms with Gasteiger partial charge >= 0.3 is 0 Å². The topological polar surface area (TPSA) is 58.2 Å². The minimum absolute atomic E-state index is 0.183. The molecule has 0 aliphatic heterocycles. The van der Waals surface area contributed by atoms with Crippen LogP contribution in [0, 0.1) is 6.92 Å². The van der Waals surface area contributed by atoms with Crippen molar-refractivity contribution in [1.29, 1.82) is 0 Å². The molecule has 2 aromatic rings. The number of amides is 2. The highest BCUT2D eigenvalue weighted by Crippen LogP contribution is 2.20. The van der Waals surface area contributed by atoms with E-state index in [1.54, 1.807) is 36.4 Å². The zero-order valence-corrected chi connectivity index (χ0v) is 13.0. The van der Waals surface area contributed by atoms with Crippen LogP contribution in [0.15, 0.2) is 48.5 Å². The fourth-order valence-corrected chi connectivity index (χ4v) is 2.14. The molecule has 5 heteroatoms. The van der Waals surface area contributed by atoms with Gasteiger partial charge in [0.05, 0.1) is 10.7 Å². The summed E-state index contributed by atoms with van der Waals surface area (Å²) in [6.45, 7) is 2.19. The number of benzene rings is 2. The molecule has 0 radical (unpaired) electrons. The molecule has 0 bridgehead atoms. The monoisotopic (exact) mass is 316 g/mol. The molecule has 2 aromatic carbocycles. The molecule has 2 N–H and O–H groups in total. The van der Waals surface area contributed by atoms with E-state index < -0.39 is 0 Å². The third kappa shape index (κ3) is 4.60. The lowest BCUT2D eigenvalue weighted by Crippen LogP contribution is -2.27. The van der Waals surface area contributed by atoms with Crippen molar-refractivity contribution in [1.82, 2.24) is 5.32 Å². The minimum atomic E-state index is -0.197. The van der Waals surface area contributed by atoms with Crippen molar-refractivity contribution in [2.75, 3.05) is 11.9 Å². The van der Waals surface area contributed by atoms with Gasteiger partial charge in [-0.05, 0) is 31.2 Å². The molecule has 0 unspecified atom stereocenters. The van der Waals surface area contributed by atoms with Crippen molar-refractivity contribution < 1.29 is 9.59 Å². The quantitative estimate of drug-likeness (QED) is 0.888. The average Bonchev–Trinajstić information content (AvgIpc) is 2.49. The van der Waals surface area contributed by atoms with E-state index in [2.05, 4.69) is 10.6 Å². The third-order valence-corrected chi connectivity index (χ3v) is 3.40. The molecule has 0 saturated carbocycles. The van der Waals surface area contributed by atoms with Crippen LogP contribution in [0.1, 0.15) is 22.3 Å². The zero-order valence-electron chi connectivity index (χ0n) is 12.2. The summed E-state index contributed by atoms with van der Waals surface area (Å²) < 4.78 is 0. The third-order valence-electron chi connectivity index (χ3n) is 3.07. The molecular weight excluding hydrogens is 300 g/mol. The summed E-state index contributed by atoms with van der Waals surface area (Å²) in [5, 5.41) is 5.92. The van der Waals surface area contributed by atoms with Crippen LogP contribution in [0.4, 0.5) is 5.69 Å². The fraction of sp³-hybridized carbons (Fsp3) is 0.176. The molecule has 0 fully saturated rings. The highest BCUT2D eigenvalue weighted by molar-refractivity contribution is 6.33. The maximum atomic E-state index is 11.9. The molecule has 0 heterocycles. The Bertz CT molecular complexity index is 686. The SMILES string of the molecule is Cc1cccc(C(=O)NCCC(=O)Nc2ccccc2Cl)c1. The van der Waals surface area contributed by atoms with E-state index in [0.29, 0.717) is 16.3 Å². The van der Waals surface area contributed by atoms with Gasteiger partial charge in [0.15, 0.2) is 0 Å². The van der Waals surface area contributed by atoms with Gasteiger partial charge < -0.3 is 10.6 Å². The second kappa shape index (κ2) is 7.61. The van der Waals surface area contributed by atoms with Gasteiger partial charge in [-0.25, -0.2) is 0 Å². The van der Waals surface area contributed by atoms with E-state index >= 15 is 0 Å². The Balaban J connectivity index is 1.80. The summed E-state index contributed by atoms with van der Waals surface area (Å²) in [7, 11) is 0. The smallest absolute Gasteiger partial charge is 0.251 e. The second-order valence-corrected chi connectivity index (χ2v) is 5.31. The fourth-order valence-electron chi connectivity index (χ4n) is 1.95. The molecule has 2 rings (SSSR count). The van der Waals surface area contributed by atoms with Crippen LogP contribution in [0.5, 0.6) is 0 Å². The van der Waals surface area contributed by atoms with Crippen LogP contribution < -0.4 is 10.6 Å². The van der Waals surface area contributed by atoms with Crippen LogP contribution in [0.25, 0.3) is 0 Å². The number of nitrogens with one attached hydrogen (secondary N) is 2. The molecular formula is C17H17ClN2O2. The van der Waals surface area contributed by atoms with Gasteiger partial charge in [0.25, 0.3) is 5.91 Å². The predicted octanol–water partition coefficient (Wildman–Crippen LogP) is 3.41. The summed E-state index contributed by atoms with van der Waals surface area (Å²) in [6, 6.07) is 14.3. The van der Waals surface area contributed by atoms with E-state index in [-0.39, 0.29) is 24.8 Å². The Hall–Kier alpha value is -2.33. The van der Waals surface area contributed by atoms with Gasteiger partial charge in [-0.15, -0.1) is 0 Å². The molecule has 0 aliphatic rings. The van der Waals surface area contributed by atoms with Gasteiger partial charge in [0.2, 0.25) is 5.91 Å². The van der Waals surface area contributed by atoms with E-state index in [1.165, 1.54) is 0 Å². The Kier molecular flexibility index (Phi) is 5.55. The number of hydrogen-bond acceptors (Lipinski definition) is 2. The van der Waals surface area contributed by atoms with Gasteiger partial charge in [-0.1, -0.05) is 41.4 Å². The average molecular weight is 317 g/mol. The molecule has 2 amide bonds. The number of carbonyl (C=O) groups excluding carboxylic acids is 2. The van der Waals surface area contributed by atoms with Crippen LogP contribution in [-0.4, -0.2) is 18.4 Å². The second-order valence-electron chi connectivity index (χ2n) is 4.90. The molecule has 4 nitrogen and oxygen atoms in total. The van der Waals surface area contributed by atoms with E-state index in [9.17, 15) is 9.59 Å². The number of carbonyl (C=O) groups is 2. The Morgan fingerprint density at radius 2 is 1.86 bits per heavy atom. The molecule has 0 aromatic heterocycles. The number of rotatable bonds is 5. The first-order chi connectivity index (χ1) is 10.6. The molecule has 0 atom stereocenters. The van der Waals surface area contributed by atoms with Crippen molar-refractivity contribution in [3.05, 3.63) is 64.7 Å². The van der Waals surface area contributed by atoms with Gasteiger partial charge in [-0.3, -0.25) is 9.59 Å². The lowest BCUT2D eigenvalue weighted by Gasteiger charge is -2.08. The van der Waals surface area contributed by atoms with Gasteiger partial charge in [0, 0.05) is 18.5 Å². The lowest BCUT2D eigenvalue weighted by molar-refractivity contribution is -0.116. The summed E-state index contributed by atoms with van der Waals surface area (Å²) in [5.41, 5.74) is 2.18. The van der Waals surface area contributed by atoms with Crippen LogP contribution in [0.2, 0.25) is 5.02 Å². The van der Waals surface area contributed by atoms with Crippen LogP contribution in [-0.2, 0) is 4.79 Å². The molecule has 22 heavy (non-hydrogen) atoms.